The summed E-state index contributed by atoms with van der Waals surface area (Å²) >= 11 is 0. The fourth-order valence-corrected chi connectivity index (χ4v) is 7.77. The third-order valence-electron chi connectivity index (χ3n) is 6.37. The van der Waals surface area contributed by atoms with Gasteiger partial charge in [-0.15, -0.1) is 0 Å². The number of nitrogens with one attached hydrogen (secondary N) is 3. The van der Waals surface area contributed by atoms with E-state index in [1.54, 1.807) is 6.92 Å². The van der Waals surface area contributed by atoms with E-state index in [4.69, 9.17) is 0 Å². The molecule has 1 aliphatic rings. The quantitative estimate of drug-likeness (QED) is 0.121. The van der Waals surface area contributed by atoms with Gasteiger partial charge in [-0.2, -0.15) is 13.2 Å². The molecule has 0 aliphatic carbocycles. The monoisotopic (exact) mass is 605 g/mol. The summed E-state index contributed by atoms with van der Waals surface area (Å²) in [6, 6.07) is 1.82. The molecule has 1 aliphatic heterocycles. The standard InChI is InChI=1S/C27H38F3N3O5S2/c1-4-31-26(37)24(35)21(16-18-9-11-19(12-10-18)27(28,29)30)33-25(36)22(15-17(2)3)32-23(34)8-6-5-7-20-13-14-39-40(20)38/h9-12,17,20-22H,4-8,13-16H2,1-3H3,(H,31,37)(H,32,34)(H,33,36)/t20?,21-,22-,40?/m0/s1. The largest absolute Gasteiger partial charge is 0.605 e. The Morgan fingerprint density at radius 3 is 2.30 bits per heavy atom. The number of hydrogen-bond acceptors (Lipinski definition) is 6. The molecular weight excluding hydrogens is 567 g/mol. The lowest BCUT2D eigenvalue weighted by atomic mass is 9.98. The molecule has 1 aromatic carbocycles. The second kappa shape index (κ2) is 16.3. The number of carbonyl (C=O) groups excluding carboxylic acids is 4. The molecule has 2 unspecified atom stereocenters. The van der Waals surface area contributed by atoms with Crippen LogP contribution in [0.1, 0.15) is 70.4 Å². The molecule has 0 bridgehead atoms. The van der Waals surface area contributed by atoms with Crippen molar-refractivity contribution < 1.29 is 36.9 Å². The maximum atomic E-state index is 13.2. The molecule has 1 heterocycles. The number of amides is 3. The van der Waals surface area contributed by atoms with E-state index in [1.807, 2.05) is 13.8 Å². The van der Waals surface area contributed by atoms with Gasteiger partial charge in [-0.05, 0) is 56.2 Å². The first-order valence-corrected chi connectivity index (χ1v) is 16.1. The van der Waals surface area contributed by atoms with Gasteiger partial charge >= 0.3 is 6.18 Å². The third kappa shape index (κ3) is 11.3. The minimum Gasteiger partial charge on any atom is -0.605 e. The van der Waals surface area contributed by atoms with E-state index in [0.717, 1.165) is 37.1 Å². The Morgan fingerprint density at radius 2 is 1.75 bits per heavy atom. The SMILES string of the molecule is CCNC(=O)C(=O)[C@H](Cc1ccc(C(F)(F)F)cc1)NC(=O)[C@H](CC(C)C)NC(=O)CCCCC1CCS[S+]1[O-]. The molecule has 1 fully saturated rings. The van der Waals surface area contributed by atoms with Crippen LogP contribution in [0.15, 0.2) is 24.3 Å². The van der Waals surface area contributed by atoms with Crippen LogP contribution < -0.4 is 16.0 Å². The van der Waals surface area contributed by atoms with Crippen LogP contribution in [0.2, 0.25) is 0 Å². The molecule has 13 heteroatoms. The maximum Gasteiger partial charge on any atom is 0.416 e. The van der Waals surface area contributed by atoms with Crippen molar-refractivity contribution in [3.63, 3.8) is 0 Å². The van der Waals surface area contributed by atoms with E-state index < -0.39 is 51.6 Å². The summed E-state index contributed by atoms with van der Waals surface area (Å²) in [6.07, 6.45) is -1.28. The Kier molecular flexibility index (Phi) is 13.8. The summed E-state index contributed by atoms with van der Waals surface area (Å²) in [7, 11) is 0.580. The minimum atomic E-state index is -4.53. The Balaban J connectivity index is 2.06. The molecule has 3 amide bonds. The van der Waals surface area contributed by atoms with Crippen LogP contribution in [0.25, 0.3) is 0 Å². The van der Waals surface area contributed by atoms with Gasteiger partial charge in [0.2, 0.25) is 17.6 Å². The number of halogens is 3. The van der Waals surface area contributed by atoms with E-state index in [2.05, 4.69) is 16.0 Å². The van der Waals surface area contributed by atoms with Crippen molar-refractivity contribution >= 4 is 44.5 Å². The second-order valence-corrected chi connectivity index (χ2v) is 13.7. The minimum absolute atomic E-state index is 0.0124. The normalized spacial score (nSPS) is 18.7. The molecule has 40 heavy (non-hydrogen) atoms. The summed E-state index contributed by atoms with van der Waals surface area (Å²) in [5.41, 5.74) is -0.538. The lowest BCUT2D eigenvalue weighted by Crippen LogP contribution is -2.54. The van der Waals surface area contributed by atoms with Crippen LogP contribution in [0.4, 0.5) is 13.2 Å². The van der Waals surface area contributed by atoms with Gasteiger partial charge < -0.3 is 20.5 Å². The van der Waals surface area contributed by atoms with Gasteiger partial charge in [-0.25, -0.2) is 0 Å². The van der Waals surface area contributed by atoms with Crippen molar-refractivity contribution in [3.05, 3.63) is 35.4 Å². The third-order valence-corrected chi connectivity index (χ3v) is 10.0. The van der Waals surface area contributed by atoms with E-state index in [-0.39, 0.29) is 42.9 Å². The molecule has 4 atom stereocenters. The predicted octanol–water partition coefficient (Wildman–Crippen LogP) is 3.70. The van der Waals surface area contributed by atoms with Gasteiger partial charge in [-0.3, -0.25) is 19.2 Å². The highest BCUT2D eigenvalue weighted by atomic mass is 33.1. The number of likely N-dealkylation sites (N-methyl/N-ethyl adjacent to an activating group) is 1. The highest BCUT2D eigenvalue weighted by Gasteiger charge is 2.33. The average molecular weight is 606 g/mol. The van der Waals surface area contributed by atoms with Gasteiger partial charge in [0.1, 0.15) is 17.3 Å². The first kappa shape index (κ1) is 34.0. The van der Waals surface area contributed by atoms with Crippen molar-refractivity contribution in [1.82, 2.24) is 16.0 Å². The molecule has 1 saturated heterocycles. The number of ketones is 1. The van der Waals surface area contributed by atoms with Gasteiger partial charge in [0, 0.05) is 41.8 Å². The lowest BCUT2D eigenvalue weighted by molar-refractivity contribution is -0.140. The van der Waals surface area contributed by atoms with Crippen LogP contribution in [-0.2, 0) is 42.0 Å². The number of benzene rings is 1. The van der Waals surface area contributed by atoms with Crippen molar-refractivity contribution in [1.29, 1.82) is 0 Å². The zero-order chi connectivity index (χ0) is 29.9. The molecular formula is C27H38F3N3O5S2. The van der Waals surface area contributed by atoms with E-state index >= 15 is 0 Å². The fourth-order valence-electron chi connectivity index (χ4n) is 4.27. The van der Waals surface area contributed by atoms with Crippen LogP contribution in [0.5, 0.6) is 0 Å². The number of rotatable bonds is 15. The van der Waals surface area contributed by atoms with Crippen molar-refractivity contribution in [3.8, 4) is 0 Å². The molecule has 0 spiro atoms. The Hall–Kier alpha value is -2.25. The maximum absolute atomic E-state index is 13.2. The van der Waals surface area contributed by atoms with Crippen LogP contribution in [0, 0.1) is 5.92 Å². The summed E-state index contributed by atoms with van der Waals surface area (Å²) in [5, 5.41) is 7.80. The van der Waals surface area contributed by atoms with Crippen LogP contribution in [0.3, 0.4) is 0 Å². The smallest absolute Gasteiger partial charge is 0.416 e. The van der Waals surface area contributed by atoms with Gasteiger partial charge in [0.25, 0.3) is 5.91 Å². The van der Waals surface area contributed by atoms with Gasteiger partial charge in [0.05, 0.1) is 16.4 Å². The zero-order valence-electron chi connectivity index (χ0n) is 23.0. The summed E-state index contributed by atoms with van der Waals surface area (Å²) in [6.45, 7) is 5.53. The lowest BCUT2D eigenvalue weighted by Gasteiger charge is -2.24. The van der Waals surface area contributed by atoms with Gasteiger partial charge in [-0.1, -0.05) is 26.0 Å². The summed E-state index contributed by atoms with van der Waals surface area (Å²) in [4.78, 5) is 51.0. The van der Waals surface area contributed by atoms with E-state index in [9.17, 15) is 36.9 Å². The number of unbranched alkanes of at least 4 members (excludes halogenated alkanes) is 1. The Morgan fingerprint density at radius 1 is 1.07 bits per heavy atom. The first-order valence-electron chi connectivity index (χ1n) is 13.4. The Bertz CT molecular complexity index is 1010. The average Bonchev–Trinajstić information content (AvgIpc) is 3.29. The highest BCUT2D eigenvalue weighted by molar-refractivity contribution is 8.72. The van der Waals surface area contributed by atoms with E-state index in [1.165, 1.54) is 22.9 Å². The first-order chi connectivity index (χ1) is 18.8. The Labute approximate surface area is 239 Å². The molecule has 0 radical (unpaired) electrons. The number of carbonyl (C=O) groups is 4. The molecule has 3 N–H and O–H groups in total. The zero-order valence-corrected chi connectivity index (χ0v) is 24.6. The molecule has 0 aromatic heterocycles. The highest BCUT2D eigenvalue weighted by Crippen LogP contribution is 2.33. The molecule has 1 aromatic rings. The van der Waals surface area contributed by atoms with Crippen molar-refractivity contribution in [2.24, 2.45) is 5.92 Å². The molecule has 0 saturated carbocycles. The second-order valence-electron chi connectivity index (χ2n) is 10.2. The topological polar surface area (TPSA) is 127 Å². The summed E-state index contributed by atoms with van der Waals surface area (Å²) in [5.74, 6) is -1.96. The van der Waals surface area contributed by atoms with Crippen LogP contribution >= 0.6 is 10.8 Å². The summed E-state index contributed by atoms with van der Waals surface area (Å²) < 4.78 is 50.7. The molecule has 224 valence electrons. The van der Waals surface area contributed by atoms with Crippen LogP contribution in [-0.4, -0.2) is 57.7 Å². The molecule has 8 nitrogen and oxygen atoms in total. The van der Waals surface area contributed by atoms with E-state index in [0.29, 0.717) is 12.0 Å². The molecule has 2 rings (SSSR count). The van der Waals surface area contributed by atoms with Gasteiger partial charge in [0.15, 0.2) is 0 Å². The number of Topliss-reactive ketones (excluding diaryl/α,β-unsaturated/α-hetero) is 1. The number of alkyl halides is 3. The fraction of sp³-hybridized carbons (Fsp3) is 0.630. The number of hydrogen-bond donors (Lipinski definition) is 3. The van der Waals surface area contributed by atoms with Crippen molar-refractivity contribution in [2.45, 2.75) is 89.2 Å². The predicted molar refractivity (Wildman–Crippen MR) is 150 cm³/mol. The van der Waals surface area contributed by atoms with Crippen molar-refractivity contribution in [2.75, 3.05) is 12.3 Å².